The summed E-state index contributed by atoms with van der Waals surface area (Å²) in [5, 5.41) is 0.973. The average molecular weight is 314 g/mol. The molecule has 0 radical (unpaired) electrons. The molecule has 1 fully saturated rings. The first kappa shape index (κ1) is 13.5. The molecule has 2 aromatic heterocycles. The zero-order valence-electron chi connectivity index (χ0n) is 11.9. The number of piperazine rings is 1. The number of anilines is 2. The van der Waals surface area contributed by atoms with Crippen LogP contribution < -0.4 is 9.80 Å². The highest BCUT2D eigenvalue weighted by atomic mass is 32.1. The number of benzene rings is 1. The third kappa shape index (κ3) is 2.50. The zero-order chi connectivity index (χ0) is 14.9. The lowest BCUT2D eigenvalue weighted by molar-refractivity contribution is 0.630. The number of hydrogen-bond donors (Lipinski definition) is 0. The van der Waals surface area contributed by atoms with Gasteiger partial charge in [0.15, 0.2) is 5.13 Å². The minimum Gasteiger partial charge on any atom is -0.353 e. The van der Waals surface area contributed by atoms with E-state index in [0.29, 0.717) is 0 Å². The Labute approximate surface area is 131 Å². The third-order valence-corrected chi connectivity index (χ3v) is 4.94. The summed E-state index contributed by atoms with van der Waals surface area (Å²) in [5.74, 6) is 0.816. The lowest BCUT2D eigenvalue weighted by atomic mass is 10.3. The van der Waals surface area contributed by atoms with Gasteiger partial charge in [-0.15, -0.1) is 0 Å². The SMILES string of the molecule is Fc1ccc2nc(N3CCN(c4ccccn4)CC3)sc2c1. The van der Waals surface area contributed by atoms with E-state index in [0.717, 1.165) is 47.3 Å². The highest BCUT2D eigenvalue weighted by molar-refractivity contribution is 7.22. The van der Waals surface area contributed by atoms with E-state index in [-0.39, 0.29) is 5.82 Å². The predicted octanol–water partition coefficient (Wildman–Crippen LogP) is 3.16. The first-order valence-electron chi connectivity index (χ1n) is 7.27. The molecule has 1 saturated heterocycles. The van der Waals surface area contributed by atoms with Crippen molar-refractivity contribution in [1.82, 2.24) is 9.97 Å². The first-order chi connectivity index (χ1) is 10.8. The van der Waals surface area contributed by atoms with Gasteiger partial charge in [-0.3, -0.25) is 0 Å². The minimum atomic E-state index is -0.206. The van der Waals surface area contributed by atoms with Crippen molar-refractivity contribution in [2.75, 3.05) is 36.0 Å². The van der Waals surface area contributed by atoms with Crippen LogP contribution in [0.15, 0.2) is 42.6 Å². The third-order valence-electron chi connectivity index (χ3n) is 3.86. The Kier molecular flexibility index (Phi) is 3.38. The number of halogens is 1. The summed E-state index contributed by atoms with van der Waals surface area (Å²) in [6.07, 6.45) is 1.82. The molecule has 0 atom stereocenters. The van der Waals surface area contributed by atoms with Crippen LogP contribution in [-0.4, -0.2) is 36.1 Å². The Hall–Kier alpha value is -2.21. The fourth-order valence-electron chi connectivity index (χ4n) is 2.69. The normalized spacial score (nSPS) is 15.5. The van der Waals surface area contributed by atoms with Gasteiger partial charge in [-0.25, -0.2) is 14.4 Å². The van der Waals surface area contributed by atoms with E-state index in [4.69, 9.17) is 0 Å². The van der Waals surface area contributed by atoms with Gasteiger partial charge in [-0.05, 0) is 30.3 Å². The topological polar surface area (TPSA) is 32.3 Å². The van der Waals surface area contributed by atoms with Gasteiger partial charge < -0.3 is 9.80 Å². The monoisotopic (exact) mass is 314 g/mol. The van der Waals surface area contributed by atoms with Crippen molar-refractivity contribution in [3.05, 3.63) is 48.4 Å². The van der Waals surface area contributed by atoms with Crippen LogP contribution >= 0.6 is 11.3 Å². The van der Waals surface area contributed by atoms with Gasteiger partial charge in [-0.1, -0.05) is 17.4 Å². The fourth-order valence-corrected chi connectivity index (χ4v) is 3.73. The quantitative estimate of drug-likeness (QED) is 0.727. The molecular formula is C16H15FN4S. The van der Waals surface area contributed by atoms with Crippen molar-refractivity contribution in [2.24, 2.45) is 0 Å². The second-order valence-electron chi connectivity index (χ2n) is 5.27. The van der Waals surface area contributed by atoms with Crippen LogP contribution in [0, 0.1) is 5.82 Å². The van der Waals surface area contributed by atoms with E-state index >= 15 is 0 Å². The Bertz CT molecular complexity index is 781. The molecule has 1 aliphatic rings. The second kappa shape index (κ2) is 5.53. The summed E-state index contributed by atoms with van der Waals surface area (Å²) in [7, 11) is 0. The van der Waals surface area contributed by atoms with Crippen LogP contribution in [0.4, 0.5) is 15.3 Å². The fraction of sp³-hybridized carbons (Fsp3) is 0.250. The van der Waals surface area contributed by atoms with Gasteiger partial charge in [0.25, 0.3) is 0 Å². The number of rotatable bonds is 2. The highest BCUT2D eigenvalue weighted by Crippen LogP contribution is 2.30. The molecule has 112 valence electrons. The molecule has 0 spiro atoms. The molecule has 0 amide bonds. The number of hydrogen-bond acceptors (Lipinski definition) is 5. The molecule has 0 aliphatic carbocycles. The molecular weight excluding hydrogens is 299 g/mol. The molecule has 3 aromatic rings. The smallest absolute Gasteiger partial charge is 0.186 e. The molecule has 3 heterocycles. The van der Waals surface area contributed by atoms with E-state index in [1.807, 2.05) is 24.4 Å². The van der Waals surface area contributed by atoms with Gasteiger partial charge in [0.1, 0.15) is 11.6 Å². The maximum atomic E-state index is 13.3. The summed E-state index contributed by atoms with van der Waals surface area (Å²) < 4.78 is 14.2. The number of pyridine rings is 1. The molecule has 22 heavy (non-hydrogen) atoms. The number of fused-ring (bicyclic) bond motifs is 1. The van der Waals surface area contributed by atoms with Crippen molar-refractivity contribution in [3.63, 3.8) is 0 Å². The Morgan fingerprint density at radius 3 is 2.59 bits per heavy atom. The molecule has 0 saturated carbocycles. The van der Waals surface area contributed by atoms with E-state index in [1.54, 1.807) is 23.5 Å². The molecule has 0 unspecified atom stereocenters. The standard InChI is InChI=1S/C16H15FN4S/c17-12-4-5-13-14(11-12)22-16(19-13)21-9-7-20(8-10-21)15-3-1-2-6-18-15/h1-6,11H,7-10H2. The molecule has 0 N–H and O–H groups in total. The molecule has 1 aromatic carbocycles. The van der Waals surface area contributed by atoms with E-state index in [2.05, 4.69) is 19.8 Å². The molecule has 4 nitrogen and oxygen atoms in total. The Morgan fingerprint density at radius 1 is 1.00 bits per heavy atom. The molecule has 6 heteroatoms. The summed E-state index contributed by atoms with van der Waals surface area (Å²) in [6, 6.07) is 10.7. The zero-order valence-corrected chi connectivity index (χ0v) is 12.8. The van der Waals surface area contributed by atoms with Crippen molar-refractivity contribution >= 4 is 32.5 Å². The maximum Gasteiger partial charge on any atom is 0.186 e. The number of nitrogens with zero attached hydrogens (tertiary/aromatic N) is 4. The van der Waals surface area contributed by atoms with Crippen LogP contribution in [0.1, 0.15) is 0 Å². The Balaban J connectivity index is 1.50. The molecule has 0 bridgehead atoms. The average Bonchev–Trinajstić information content (AvgIpc) is 2.99. The predicted molar refractivity (Wildman–Crippen MR) is 88.2 cm³/mol. The van der Waals surface area contributed by atoms with E-state index in [1.165, 1.54) is 6.07 Å². The first-order valence-corrected chi connectivity index (χ1v) is 8.08. The van der Waals surface area contributed by atoms with Crippen molar-refractivity contribution in [1.29, 1.82) is 0 Å². The van der Waals surface area contributed by atoms with Gasteiger partial charge in [0, 0.05) is 32.4 Å². The van der Waals surface area contributed by atoms with Crippen LogP contribution in [0.25, 0.3) is 10.2 Å². The van der Waals surface area contributed by atoms with Crippen molar-refractivity contribution in [2.45, 2.75) is 0 Å². The van der Waals surface area contributed by atoms with Crippen molar-refractivity contribution in [3.8, 4) is 0 Å². The van der Waals surface area contributed by atoms with Gasteiger partial charge >= 0.3 is 0 Å². The summed E-state index contributed by atoms with van der Waals surface area (Å²) >= 11 is 1.56. The highest BCUT2D eigenvalue weighted by Gasteiger charge is 2.20. The maximum absolute atomic E-state index is 13.3. The Morgan fingerprint density at radius 2 is 1.82 bits per heavy atom. The summed E-state index contributed by atoms with van der Waals surface area (Å²) in [5.41, 5.74) is 0.869. The van der Waals surface area contributed by atoms with E-state index in [9.17, 15) is 4.39 Å². The minimum absolute atomic E-state index is 0.206. The van der Waals surface area contributed by atoms with Gasteiger partial charge in [0.2, 0.25) is 0 Å². The molecule has 4 rings (SSSR count). The van der Waals surface area contributed by atoms with Crippen LogP contribution in [0.5, 0.6) is 0 Å². The van der Waals surface area contributed by atoms with Crippen LogP contribution in [-0.2, 0) is 0 Å². The largest absolute Gasteiger partial charge is 0.353 e. The lowest BCUT2D eigenvalue weighted by Gasteiger charge is -2.35. The lowest BCUT2D eigenvalue weighted by Crippen LogP contribution is -2.46. The van der Waals surface area contributed by atoms with Gasteiger partial charge in [-0.2, -0.15) is 0 Å². The van der Waals surface area contributed by atoms with E-state index < -0.39 is 0 Å². The van der Waals surface area contributed by atoms with Gasteiger partial charge in [0.05, 0.1) is 10.2 Å². The number of thiazole rings is 1. The molecule has 1 aliphatic heterocycles. The van der Waals surface area contributed by atoms with Crippen LogP contribution in [0.3, 0.4) is 0 Å². The van der Waals surface area contributed by atoms with Crippen LogP contribution in [0.2, 0.25) is 0 Å². The second-order valence-corrected chi connectivity index (χ2v) is 6.28. The number of aromatic nitrogens is 2. The summed E-state index contributed by atoms with van der Waals surface area (Å²) in [6.45, 7) is 3.64. The van der Waals surface area contributed by atoms with Crippen molar-refractivity contribution < 1.29 is 4.39 Å². The summed E-state index contributed by atoms with van der Waals surface area (Å²) in [4.78, 5) is 13.6.